The molecule has 0 radical (unpaired) electrons. The maximum absolute atomic E-state index is 11.7. The standard InChI is InChI=1S/C10H9BrN2O3S/c1-2-15-10(14)6-3-8(16-9(6)4-11)7-5-17-13-12-7/h3,5H,2,4H2,1H3. The molecule has 0 aromatic carbocycles. The second-order valence-corrected chi connectivity index (χ2v) is 4.26. The number of halogens is 1. The molecule has 0 aliphatic rings. The molecule has 0 unspecified atom stereocenters. The largest absolute Gasteiger partial charge is 0.462 e. The van der Waals surface area contributed by atoms with Gasteiger partial charge in [0.15, 0.2) is 5.76 Å². The Balaban J connectivity index is 2.36. The predicted octanol–water partition coefficient (Wildman–Crippen LogP) is 2.87. The Kier molecular flexibility index (Phi) is 3.90. The first-order valence-electron chi connectivity index (χ1n) is 4.89. The van der Waals surface area contributed by atoms with Crippen molar-refractivity contribution in [3.05, 3.63) is 22.8 Å². The van der Waals surface area contributed by atoms with Gasteiger partial charge in [0.2, 0.25) is 0 Å². The van der Waals surface area contributed by atoms with Crippen LogP contribution in [0.2, 0.25) is 0 Å². The Morgan fingerprint density at radius 1 is 1.65 bits per heavy atom. The minimum absolute atomic E-state index is 0.333. The molecule has 0 N–H and O–H groups in total. The number of carbonyl (C=O) groups excluding carboxylic acids is 1. The quantitative estimate of drug-likeness (QED) is 0.641. The van der Waals surface area contributed by atoms with Crippen LogP contribution in [-0.4, -0.2) is 22.2 Å². The number of nitrogens with zero attached hydrogens (tertiary/aromatic N) is 2. The first-order chi connectivity index (χ1) is 8.26. The lowest BCUT2D eigenvalue weighted by Gasteiger charge is -1.98. The summed E-state index contributed by atoms with van der Waals surface area (Å²) in [6, 6.07) is 1.63. The van der Waals surface area contributed by atoms with Crippen molar-refractivity contribution in [2.75, 3.05) is 6.61 Å². The lowest BCUT2D eigenvalue weighted by Crippen LogP contribution is -2.05. The molecule has 2 aromatic rings. The topological polar surface area (TPSA) is 65.2 Å². The maximum Gasteiger partial charge on any atom is 0.341 e. The molecule has 0 fully saturated rings. The molecule has 0 spiro atoms. The summed E-state index contributed by atoms with van der Waals surface area (Å²) in [5, 5.41) is 6.09. The summed E-state index contributed by atoms with van der Waals surface area (Å²) in [6.07, 6.45) is 0. The highest BCUT2D eigenvalue weighted by molar-refractivity contribution is 9.08. The average molecular weight is 317 g/mol. The van der Waals surface area contributed by atoms with E-state index in [4.69, 9.17) is 9.15 Å². The van der Waals surface area contributed by atoms with E-state index in [1.54, 1.807) is 18.4 Å². The molecule has 0 atom stereocenters. The molecule has 7 heteroatoms. The highest BCUT2D eigenvalue weighted by Gasteiger charge is 2.19. The van der Waals surface area contributed by atoms with Gasteiger partial charge in [0, 0.05) is 11.4 Å². The van der Waals surface area contributed by atoms with Crippen LogP contribution in [0.25, 0.3) is 11.5 Å². The van der Waals surface area contributed by atoms with Gasteiger partial charge in [-0.25, -0.2) is 4.79 Å². The summed E-state index contributed by atoms with van der Waals surface area (Å²) in [6.45, 7) is 2.09. The zero-order valence-corrected chi connectivity index (χ0v) is 11.4. The van der Waals surface area contributed by atoms with Gasteiger partial charge in [-0.1, -0.05) is 20.4 Å². The van der Waals surface area contributed by atoms with Crippen molar-refractivity contribution in [3.8, 4) is 11.5 Å². The Hall–Kier alpha value is -1.21. The van der Waals surface area contributed by atoms with E-state index in [1.807, 2.05) is 0 Å². The van der Waals surface area contributed by atoms with Gasteiger partial charge >= 0.3 is 5.97 Å². The van der Waals surface area contributed by atoms with Gasteiger partial charge in [-0.3, -0.25) is 0 Å². The number of alkyl halides is 1. The fraction of sp³-hybridized carbons (Fsp3) is 0.300. The van der Waals surface area contributed by atoms with Crippen molar-refractivity contribution >= 4 is 33.4 Å². The highest BCUT2D eigenvalue weighted by atomic mass is 79.9. The van der Waals surface area contributed by atoms with Crippen LogP contribution in [0.4, 0.5) is 0 Å². The molecular formula is C10H9BrN2O3S. The maximum atomic E-state index is 11.7. The Morgan fingerprint density at radius 2 is 2.47 bits per heavy atom. The molecule has 90 valence electrons. The molecule has 0 aliphatic heterocycles. The van der Waals surface area contributed by atoms with Crippen LogP contribution in [0, 0.1) is 0 Å². The lowest BCUT2D eigenvalue weighted by atomic mass is 10.2. The van der Waals surface area contributed by atoms with E-state index in [2.05, 4.69) is 25.5 Å². The van der Waals surface area contributed by atoms with Gasteiger partial charge in [0.1, 0.15) is 17.0 Å². The zero-order valence-electron chi connectivity index (χ0n) is 8.97. The number of aromatic nitrogens is 2. The number of hydrogen-bond acceptors (Lipinski definition) is 6. The highest BCUT2D eigenvalue weighted by Crippen LogP contribution is 2.26. The molecule has 5 nitrogen and oxygen atoms in total. The van der Waals surface area contributed by atoms with Gasteiger partial charge in [0.05, 0.1) is 11.9 Å². The minimum atomic E-state index is -0.389. The van der Waals surface area contributed by atoms with E-state index in [9.17, 15) is 4.79 Å². The third-order valence-electron chi connectivity index (χ3n) is 2.04. The van der Waals surface area contributed by atoms with Crippen molar-refractivity contribution in [2.45, 2.75) is 12.3 Å². The molecule has 2 aromatic heterocycles. The molecule has 2 heterocycles. The van der Waals surface area contributed by atoms with E-state index >= 15 is 0 Å². The van der Waals surface area contributed by atoms with Crippen LogP contribution in [0.5, 0.6) is 0 Å². The SMILES string of the molecule is CCOC(=O)c1cc(-c2csnn2)oc1CBr. The van der Waals surface area contributed by atoms with E-state index in [0.717, 1.165) is 0 Å². The normalized spacial score (nSPS) is 10.5. The van der Waals surface area contributed by atoms with E-state index in [-0.39, 0.29) is 5.97 Å². The van der Waals surface area contributed by atoms with Crippen molar-refractivity contribution < 1.29 is 13.9 Å². The van der Waals surface area contributed by atoms with Gasteiger partial charge in [-0.15, -0.1) is 5.10 Å². The van der Waals surface area contributed by atoms with Crippen LogP contribution in [0.1, 0.15) is 23.0 Å². The Labute approximate surface area is 110 Å². The zero-order chi connectivity index (χ0) is 12.3. The third kappa shape index (κ3) is 2.55. The second kappa shape index (κ2) is 5.42. The number of carbonyl (C=O) groups is 1. The van der Waals surface area contributed by atoms with Crippen LogP contribution in [-0.2, 0) is 10.1 Å². The number of rotatable bonds is 4. The number of ether oxygens (including phenoxy) is 1. The molecule has 2 rings (SSSR count). The van der Waals surface area contributed by atoms with Crippen molar-refractivity contribution in [1.29, 1.82) is 0 Å². The molecule has 0 aliphatic carbocycles. The molecule has 17 heavy (non-hydrogen) atoms. The minimum Gasteiger partial charge on any atom is -0.462 e. The van der Waals surface area contributed by atoms with Gasteiger partial charge < -0.3 is 9.15 Å². The summed E-state index contributed by atoms with van der Waals surface area (Å²) in [5.74, 6) is 0.669. The Bertz CT molecular complexity index is 510. The van der Waals surface area contributed by atoms with Gasteiger partial charge in [-0.05, 0) is 18.5 Å². The fourth-order valence-corrected chi connectivity index (χ4v) is 2.17. The van der Waals surface area contributed by atoms with Crippen LogP contribution < -0.4 is 0 Å². The van der Waals surface area contributed by atoms with Crippen molar-refractivity contribution in [2.24, 2.45) is 0 Å². The summed E-state index contributed by atoms with van der Waals surface area (Å²) >= 11 is 4.50. The summed E-state index contributed by atoms with van der Waals surface area (Å²) in [5.41, 5.74) is 1.04. The molecule has 0 amide bonds. The van der Waals surface area contributed by atoms with Crippen molar-refractivity contribution in [3.63, 3.8) is 0 Å². The number of hydrogen-bond donors (Lipinski definition) is 0. The number of esters is 1. The summed E-state index contributed by atoms with van der Waals surface area (Å²) in [7, 11) is 0. The summed E-state index contributed by atoms with van der Waals surface area (Å²) in [4.78, 5) is 11.7. The summed E-state index contributed by atoms with van der Waals surface area (Å²) < 4.78 is 14.2. The third-order valence-corrected chi connectivity index (χ3v) is 3.05. The van der Waals surface area contributed by atoms with Crippen LogP contribution in [0.3, 0.4) is 0 Å². The van der Waals surface area contributed by atoms with Gasteiger partial charge in [0.25, 0.3) is 0 Å². The second-order valence-electron chi connectivity index (χ2n) is 3.09. The van der Waals surface area contributed by atoms with E-state index < -0.39 is 0 Å². The van der Waals surface area contributed by atoms with E-state index in [0.29, 0.717) is 34.7 Å². The monoisotopic (exact) mass is 316 g/mol. The predicted molar refractivity (Wildman–Crippen MR) is 66.2 cm³/mol. The first kappa shape index (κ1) is 12.3. The van der Waals surface area contributed by atoms with E-state index in [1.165, 1.54) is 11.5 Å². The molecular weight excluding hydrogens is 308 g/mol. The molecule has 0 saturated carbocycles. The van der Waals surface area contributed by atoms with Gasteiger partial charge in [-0.2, -0.15) is 0 Å². The van der Waals surface area contributed by atoms with Crippen LogP contribution in [0.15, 0.2) is 15.9 Å². The van der Waals surface area contributed by atoms with Crippen LogP contribution >= 0.6 is 27.5 Å². The average Bonchev–Trinajstić information content (AvgIpc) is 2.97. The lowest BCUT2D eigenvalue weighted by molar-refractivity contribution is 0.0524. The number of furan rings is 1. The smallest absolute Gasteiger partial charge is 0.341 e. The molecule has 0 saturated heterocycles. The Morgan fingerprint density at radius 3 is 3.06 bits per heavy atom. The first-order valence-corrected chi connectivity index (χ1v) is 6.85. The van der Waals surface area contributed by atoms with Crippen molar-refractivity contribution in [1.82, 2.24) is 9.59 Å². The molecule has 0 bridgehead atoms. The fourth-order valence-electron chi connectivity index (χ4n) is 1.31.